The Hall–Kier alpha value is -2.61. The highest BCUT2D eigenvalue weighted by molar-refractivity contribution is 5.88. The van der Waals surface area contributed by atoms with Crippen molar-refractivity contribution in [2.45, 2.75) is 25.3 Å². The van der Waals surface area contributed by atoms with Crippen LogP contribution in [0, 0.1) is 0 Å². The lowest BCUT2D eigenvalue weighted by Gasteiger charge is -2.32. The zero-order valence-corrected chi connectivity index (χ0v) is 13.7. The Morgan fingerprint density at radius 1 is 0.875 bits per heavy atom. The fraction of sp³-hybridized carbons (Fsp3) is 0.227. The molecule has 0 N–H and O–H groups in total. The molecule has 1 fully saturated rings. The molecule has 0 radical (unpaired) electrons. The molecule has 0 spiro atoms. The van der Waals surface area contributed by atoms with Gasteiger partial charge < -0.3 is 4.90 Å². The summed E-state index contributed by atoms with van der Waals surface area (Å²) < 4.78 is 0. The molecule has 0 saturated carbocycles. The first-order chi connectivity index (χ1) is 11.8. The molecular formula is C22H21NO. The van der Waals surface area contributed by atoms with E-state index in [1.807, 2.05) is 23.1 Å². The van der Waals surface area contributed by atoms with Gasteiger partial charge in [-0.05, 0) is 34.7 Å². The van der Waals surface area contributed by atoms with Crippen LogP contribution in [0.25, 0.3) is 10.8 Å². The molecule has 1 atom stereocenters. The van der Waals surface area contributed by atoms with Gasteiger partial charge in [0.25, 0.3) is 0 Å². The van der Waals surface area contributed by atoms with Crippen LogP contribution in [-0.4, -0.2) is 17.4 Å². The van der Waals surface area contributed by atoms with Crippen molar-refractivity contribution < 1.29 is 4.79 Å². The molecule has 3 aromatic rings. The molecule has 1 heterocycles. The van der Waals surface area contributed by atoms with Crippen LogP contribution in [0.5, 0.6) is 0 Å². The van der Waals surface area contributed by atoms with Crippen LogP contribution in [0.4, 0.5) is 0 Å². The Bertz CT molecular complexity index is 856. The number of fused-ring (bicyclic) bond motifs is 1. The molecule has 1 unspecified atom stereocenters. The summed E-state index contributed by atoms with van der Waals surface area (Å²) in [6, 6.07) is 25.0. The molecule has 1 saturated heterocycles. The summed E-state index contributed by atoms with van der Waals surface area (Å²) in [6.45, 7) is 1.57. The average molecular weight is 315 g/mol. The van der Waals surface area contributed by atoms with Crippen molar-refractivity contribution in [1.82, 2.24) is 4.90 Å². The monoisotopic (exact) mass is 315 g/mol. The zero-order valence-electron chi connectivity index (χ0n) is 13.7. The minimum atomic E-state index is -0.00734. The second-order valence-corrected chi connectivity index (χ2v) is 6.55. The highest BCUT2D eigenvalue weighted by atomic mass is 16.2. The lowest BCUT2D eigenvalue weighted by atomic mass is 9.88. The largest absolute Gasteiger partial charge is 0.338 e. The average Bonchev–Trinajstić information content (AvgIpc) is 2.64. The molecule has 4 rings (SSSR count). The molecule has 2 nitrogen and oxygen atoms in total. The van der Waals surface area contributed by atoms with Crippen LogP contribution in [-0.2, 0) is 11.3 Å². The molecule has 0 aromatic heterocycles. The van der Waals surface area contributed by atoms with Gasteiger partial charge in [-0.3, -0.25) is 4.79 Å². The summed E-state index contributed by atoms with van der Waals surface area (Å²) in [7, 11) is 0. The lowest BCUT2D eigenvalue weighted by Crippen LogP contribution is -2.39. The van der Waals surface area contributed by atoms with Gasteiger partial charge in [0.05, 0.1) is 5.92 Å². The fourth-order valence-electron chi connectivity index (χ4n) is 3.63. The van der Waals surface area contributed by atoms with Gasteiger partial charge in [-0.1, -0.05) is 72.8 Å². The third kappa shape index (κ3) is 2.92. The van der Waals surface area contributed by atoms with E-state index in [2.05, 4.69) is 54.6 Å². The standard InChI is InChI=1S/C22H21NO/c24-22-21(20-13-12-18-9-4-5-10-19(18)15-20)11-6-14-23(22)16-17-7-2-1-3-8-17/h1-5,7-10,12-13,15,21H,6,11,14,16H2. The fourth-order valence-corrected chi connectivity index (χ4v) is 3.63. The second-order valence-electron chi connectivity index (χ2n) is 6.55. The van der Waals surface area contributed by atoms with Crippen molar-refractivity contribution in [3.8, 4) is 0 Å². The van der Waals surface area contributed by atoms with E-state index in [0.29, 0.717) is 6.54 Å². The van der Waals surface area contributed by atoms with Crippen molar-refractivity contribution in [1.29, 1.82) is 0 Å². The van der Waals surface area contributed by atoms with Gasteiger partial charge in [-0.2, -0.15) is 0 Å². The van der Waals surface area contributed by atoms with E-state index in [4.69, 9.17) is 0 Å². The van der Waals surface area contributed by atoms with Crippen molar-refractivity contribution in [3.05, 3.63) is 83.9 Å². The van der Waals surface area contributed by atoms with E-state index in [9.17, 15) is 4.79 Å². The molecule has 0 aliphatic carbocycles. The van der Waals surface area contributed by atoms with E-state index in [0.717, 1.165) is 24.9 Å². The van der Waals surface area contributed by atoms with Crippen molar-refractivity contribution in [2.75, 3.05) is 6.54 Å². The predicted octanol–water partition coefficient (Wildman–Crippen LogP) is 4.75. The summed E-state index contributed by atoms with van der Waals surface area (Å²) in [5.74, 6) is 0.257. The highest BCUT2D eigenvalue weighted by Gasteiger charge is 2.29. The Kier molecular flexibility index (Phi) is 4.04. The summed E-state index contributed by atoms with van der Waals surface area (Å²) in [4.78, 5) is 15.0. The Labute approximate surface area is 142 Å². The summed E-state index contributed by atoms with van der Waals surface area (Å²) in [5, 5.41) is 2.44. The van der Waals surface area contributed by atoms with E-state index < -0.39 is 0 Å². The number of carbonyl (C=O) groups excluding carboxylic acids is 1. The van der Waals surface area contributed by atoms with Crippen molar-refractivity contribution >= 4 is 16.7 Å². The van der Waals surface area contributed by atoms with Gasteiger partial charge in [-0.25, -0.2) is 0 Å². The topological polar surface area (TPSA) is 20.3 Å². The number of benzene rings is 3. The van der Waals surface area contributed by atoms with E-state index in [1.165, 1.54) is 16.3 Å². The van der Waals surface area contributed by atoms with Crippen LogP contribution >= 0.6 is 0 Å². The SMILES string of the molecule is O=C1C(c2ccc3ccccc3c2)CCCN1Cc1ccccc1. The molecule has 2 heteroatoms. The number of piperidine rings is 1. The van der Waals surface area contributed by atoms with Crippen LogP contribution in [0.3, 0.4) is 0 Å². The maximum Gasteiger partial charge on any atom is 0.230 e. The van der Waals surface area contributed by atoms with Gasteiger partial charge in [0, 0.05) is 13.1 Å². The number of amides is 1. The minimum absolute atomic E-state index is 0.00734. The number of hydrogen-bond acceptors (Lipinski definition) is 1. The Balaban J connectivity index is 1.59. The van der Waals surface area contributed by atoms with Crippen LogP contribution in [0.1, 0.15) is 29.9 Å². The Morgan fingerprint density at radius 3 is 2.46 bits per heavy atom. The zero-order chi connectivity index (χ0) is 16.4. The molecule has 0 bridgehead atoms. The molecule has 1 aliphatic rings. The molecule has 24 heavy (non-hydrogen) atoms. The molecular weight excluding hydrogens is 294 g/mol. The second kappa shape index (κ2) is 6.48. The number of likely N-dealkylation sites (tertiary alicyclic amines) is 1. The van der Waals surface area contributed by atoms with Gasteiger partial charge in [0.1, 0.15) is 0 Å². The van der Waals surface area contributed by atoms with Gasteiger partial charge in [0.15, 0.2) is 0 Å². The quantitative estimate of drug-likeness (QED) is 0.683. The maximum atomic E-state index is 13.0. The minimum Gasteiger partial charge on any atom is -0.338 e. The van der Waals surface area contributed by atoms with E-state index >= 15 is 0 Å². The maximum absolute atomic E-state index is 13.0. The molecule has 1 amide bonds. The summed E-state index contributed by atoms with van der Waals surface area (Å²) >= 11 is 0. The number of hydrogen-bond donors (Lipinski definition) is 0. The summed E-state index contributed by atoms with van der Waals surface area (Å²) in [5.41, 5.74) is 2.35. The van der Waals surface area contributed by atoms with Gasteiger partial charge >= 0.3 is 0 Å². The number of rotatable bonds is 3. The van der Waals surface area contributed by atoms with Crippen LogP contribution in [0.2, 0.25) is 0 Å². The normalized spacial score (nSPS) is 18.1. The van der Waals surface area contributed by atoms with E-state index in [-0.39, 0.29) is 11.8 Å². The van der Waals surface area contributed by atoms with Gasteiger partial charge in [-0.15, -0.1) is 0 Å². The number of nitrogens with zero attached hydrogens (tertiary/aromatic N) is 1. The Morgan fingerprint density at radius 2 is 1.62 bits per heavy atom. The first kappa shape index (κ1) is 14.9. The predicted molar refractivity (Wildman–Crippen MR) is 97.8 cm³/mol. The lowest BCUT2D eigenvalue weighted by molar-refractivity contribution is -0.135. The number of carbonyl (C=O) groups is 1. The van der Waals surface area contributed by atoms with Crippen LogP contribution in [0.15, 0.2) is 72.8 Å². The molecule has 120 valence electrons. The molecule has 1 aliphatic heterocycles. The van der Waals surface area contributed by atoms with Crippen LogP contribution < -0.4 is 0 Å². The van der Waals surface area contributed by atoms with Gasteiger partial charge in [0.2, 0.25) is 5.91 Å². The third-order valence-corrected chi connectivity index (χ3v) is 4.92. The smallest absolute Gasteiger partial charge is 0.230 e. The van der Waals surface area contributed by atoms with Crippen molar-refractivity contribution in [3.63, 3.8) is 0 Å². The highest BCUT2D eigenvalue weighted by Crippen LogP contribution is 2.31. The van der Waals surface area contributed by atoms with E-state index in [1.54, 1.807) is 0 Å². The first-order valence-electron chi connectivity index (χ1n) is 8.63. The third-order valence-electron chi connectivity index (χ3n) is 4.92. The first-order valence-corrected chi connectivity index (χ1v) is 8.63. The van der Waals surface area contributed by atoms with Crippen molar-refractivity contribution in [2.24, 2.45) is 0 Å². The molecule has 3 aromatic carbocycles. The summed E-state index contributed by atoms with van der Waals surface area (Å²) in [6.07, 6.45) is 2.01.